The van der Waals surface area contributed by atoms with Crippen molar-refractivity contribution in [1.82, 2.24) is 10.1 Å². The minimum atomic E-state index is -0.418. The minimum absolute atomic E-state index is 0.164. The Bertz CT molecular complexity index is 773. The minimum Gasteiger partial charge on any atom is -0.398 e. The predicted molar refractivity (Wildman–Crippen MR) is 74.6 cm³/mol. The second-order valence-electron chi connectivity index (χ2n) is 4.13. The first-order valence-corrected chi connectivity index (χ1v) is 6.17. The van der Waals surface area contributed by atoms with Crippen molar-refractivity contribution in [2.75, 3.05) is 5.73 Å². The third kappa shape index (κ3) is 2.23. The van der Waals surface area contributed by atoms with Crippen LogP contribution in [0.4, 0.5) is 10.1 Å². The van der Waals surface area contributed by atoms with Crippen LogP contribution in [0, 0.1) is 5.82 Å². The average molecular weight is 290 g/mol. The van der Waals surface area contributed by atoms with Crippen molar-refractivity contribution >= 4 is 17.3 Å². The zero-order valence-electron chi connectivity index (χ0n) is 10.2. The van der Waals surface area contributed by atoms with Crippen LogP contribution in [0.15, 0.2) is 47.0 Å². The first-order chi connectivity index (χ1) is 9.65. The number of nitrogens with two attached hydrogens (primary N) is 1. The van der Waals surface area contributed by atoms with Gasteiger partial charge >= 0.3 is 0 Å². The Labute approximate surface area is 119 Å². The van der Waals surface area contributed by atoms with Crippen molar-refractivity contribution in [3.05, 3.63) is 53.3 Å². The predicted octanol–water partition coefficient (Wildman–Crippen LogP) is 3.78. The highest BCUT2D eigenvalue weighted by atomic mass is 35.5. The van der Waals surface area contributed by atoms with Crippen LogP contribution in [0.25, 0.3) is 22.8 Å². The highest BCUT2D eigenvalue weighted by molar-refractivity contribution is 6.31. The molecule has 1 aromatic heterocycles. The van der Waals surface area contributed by atoms with E-state index in [2.05, 4.69) is 10.1 Å². The number of hydrogen-bond donors (Lipinski definition) is 1. The van der Waals surface area contributed by atoms with Crippen LogP contribution < -0.4 is 5.73 Å². The molecule has 6 heteroatoms. The first-order valence-electron chi connectivity index (χ1n) is 5.79. The number of nitrogen functional groups attached to an aromatic ring is 1. The monoisotopic (exact) mass is 289 g/mol. The summed E-state index contributed by atoms with van der Waals surface area (Å²) in [5, 5.41) is 4.27. The van der Waals surface area contributed by atoms with Crippen molar-refractivity contribution in [3.8, 4) is 22.8 Å². The summed E-state index contributed by atoms with van der Waals surface area (Å²) in [5.41, 5.74) is 7.08. The van der Waals surface area contributed by atoms with E-state index in [9.17, 15) is 4.39 Å². The summed E-state index contributed by atoms with van der Waals surface area (Å²) in [6, 6.07) is 11.1. The van der Waals surface area contributed by atoms with Crippen molar-refractivity contribution in [2.45, 2.75) is 0 Å². The van der Waals surface area contributed by atoms with E-state index in [0.717, 1.165) is 0 Å². The fourth-order valence-corrected chi connectivity index (χ4v) is 1.97. The van der Waals surface area contributed by atoms with Crippen molar-refractivity contribution in [3.63, 3.8) is 0 Å². The van der Waals surface area contributed by atoms with E-state index >= 15 is 0 Å². The number of nitrogens with zero attached hydrogens (tertiary/aromatic N) is 2. The Morgan fingerprint density at radius 1 is 1.10 bits per heavy atom. The molecule has 0 radical (unpaired) electrons. The van der Waals surface area contributed by atoms with E-state index in [0.29, 0.717) is 16.3 Å². The molecule has 100 valence electrons. The molecular weight excluding hydrogens is 281 g/mol. The second kappa shape index (κ2) is 4.94. The van der Waals surface area contributed by atoms with Crippen LogP contribution in [0.1, 0.15) is 0 Å². The Morgan fingerprint density at radius 2 is 1.90 bits per heavy atom. The molecule has 0 aliphatic carbocycles. The van der Waals surface area contributed by atoms with Crippen LogP contribution in [0.5, 0.6) is 0 Å². The molecule has 2 N–H and O–H groups in total. The van der Waals surface area contributed by atoms with Gasteiger partial charge < -0.3 is 10.3 Å². The summed E-state index contributed by atoms with van der Waals surface area (Å²) in [5.74, 6) is -0.0559. The third-order valence-corrected chi connectivity index (χ3v) is 3.02. The maximum absolute atomic E-state index is 13.7. The lowest BCUT2D eigenvalue weighted by Crippen LogP contribution is -1.90. The van der Waals surface area contributed by atoms with Gasteiger partial charge in [-0.05, 0) is 30.3 Å². The second-order valence-corrected chi connectivity index (χ2v) is 4.57. The van der Waals surface area contributed by atoms with Crippen molar-refractivity contribution < 1.29 is 8.91 Å². The van der Waals surface area contributed by atoms with Gasteiger partial charge in [0.2, 0.25) is 5.82 Å². The Kier molecular flexibility index (Phi) is 3.12. The Morgan fingerprint density at radius 3 is 2.70 bits per heavy atom. The molecule has 2 aromatic carbocycles. The third-order valence-electron chi connectivity index (χ3n) is 2.79. The lowest BCUT2D eigenvalue weighted by Gasteiger charge is -2.00. The fraction of sp³-hybridized carbons (Fsp3) is 0. The van der Waals surface area contributed by atoms with Crippen LogP contribution in [-0.4, -0.2) is 10.1 Å². The lowest BCUT2D eigenvalue weighted by molar-refractivity contribution is 0.432. The molecule has 4 nitrogen and oxygen atoms in total. The van der Waals surface area contributed by atoms with Gasteiger partial charge in [-0.2, -0.15) is 4.98 Å². The van der Waals surface area contributed by atoms with Crippen molar-refractivity contribution in [1.29, 1.82) is 0 Å². The summed E-state index contributed by atoms with van der Waals surface area (Å²) in [7, 11) is 0. The highest BCUT2D eigenvalue weighted by Crippen LogP contribution is 2.29. The van der Waals surface area contributed by atoms with Gasteiger partial charge in [-0.25, -0.2) is 4.39 Å². The van der Waals surface area contributed by atoms with E-state index in [-0.39, 0.29) is 17.3 Å². The zero-order chi connectivity index (χ0) is 14.1. The molecule has 0 bridgehead atoms. The SMILES string of the molecule is Nc1ccc(Cl)cc1-c1nc(-c2ccccc2F)no1. The van der Waals surface area contributed by atoms with Gasteiger partial charge in [0.25, 0.3) is 5.89 Å². The summed E-state index contributed by atoms with van der Waals surface area (Å²) < 4.78 is 18.8. The standard InChI is InChI=1S/C14H9ClFN3O/c15-8-5-6-12(17)10(7-8)14-18-13(19-20-14)9-3-1-2-4-11(9)16/h1-7H,17H2. The number of halogens is 2. The summed E-state index contributed by atoms with van der Waals surface area (Å²) in [6.45, 7) is 0. The number of anilines is 1. The zero-order valence-corrected chi connectivity index (χ0v) is 10.9. The topological polar surface area (TPSA) is 64.9 Å². The number of benzene rings is 2. The van der Waals surface area contributed by atoms with Gasteiger partial charge in [0.15, 0.2) is 0 Å². The molecule has 20 heavy (non-hydrogen) atoms. The van der Waals surface area contributed by atoms with Gasteiger partial charge in [-0.1, -0.05) is 28.9 Å². The van der Waals surface area contributed by atoms with Crippen LogP contribution in [0.3, 0.4) is 0 Å². The molecular formula is C14H9ClFN3O. The molecule has 0 unspecified atom stereocenters. The highest BCUT2D eigenvalue weighted by Gasteiger charge is 2.15. The number of aromatic nitrogens is 2. The van der Waals surface area contributed by atoms with Crippen molar-refractivity contribution in [2.24, 2.45) is 0 Å². The lowest BCUT2D eigenvalue weighted by atomic mass is 10.2. The molecule has 0 atom stereocenters. The molecule has 0 saturated heterocycles. The smallest absolute Gasteiger partial charge is 0.260 e. The van der Waals surface area contributed by atoms with Gasteiger partial charge in [0.05, 0.1) is 11.1 Å². The maximum atomic E-state index is 13.7. The molecule has 1 heterocycles. The van der Waals surface area contributed by atoms with E-state index in [4.69, 9.17) is 21.9 Å². The maximum Gasteiger partial charge on any atom is 0.260 e. The molecule has 0 aliphatic rings. The van der Waals surface area contributed by atoms with Gasteiger partial charge in [-0.3, -0.25) is 0 Å². The van der Waals surface area contributed by atoms with E-state index in [1.165, 1.54) is 6.07 Å². The molecule has 0 fully saturated rings. The molecule has 3 aromatic rings. The number of hydrogen-bond acceptors (Lipinski definition) is 4. The van der Waals surface area contributed by atoms with Crippen LogP contribution in [0.2, 0.25) is 5.02 Å². The van der Waals surface area contributed by atoms with Crippen LogP contribution in [-0.2, 0) is 0 Å². The molecule has 0 amide bonds. The number of rotatable bonds is 2. The molecule has 0 spiro atoms. The average Bonchev–Trinajstić information content (AvgIpc) is 2.91. The Balaban J connectivity index is 2.07. The first kappa shape index (κ1) is 12.6. The summed E-state index contributed by atoms with van der Waals surface area (Å²) in [6.07, 6.45) is 0. The molecule has 0 aliphatic heterocycles. The van der Waals surface area contributed by atoms with E-state index < -0.39 is 5.82 Å². The summed E-state index contributed by atoms with van der Waals surface area (Å²) in [4.78, 5) is 4.16. The van der Waals surface area contributed by atoms with Crippen LogP contribution >= 0.6 is 11.6 Å². The van der Waals surface area contributed by atoms with E-state index in [1.54, 1.807) is 36.4 Å². The summed E-state index contributed by atoms with van der Waals surface area (Å²) >= 11 is 5.91. The largest absolute Gasteiger partial charge is 0.398 e. The fourth-order valence-electron chi connectivity index (χ4n) is 1.80. The quantitative estimate of drug-likeness (QED) is 0.729. The van der Waals surface area contributed by atoms with Gasteiger partial charge in [-0.15, -0.1) is 0 Å². The molecule has 3 rings (SSSR count). The normalized spacial score (nSPS) is 10.7. The van der Waals surface area contributed by atoms with E-state index in [1.807, 2.05) is 0 Å². The van der Waals surface area contributed by atoms with Gasteiger partial charge in [0.1, 0.15) is 5.82 Å². The Hall–Kier alpha value is -2.40. The molecule has 0 saturated carbocycles. The van der Waals surface area contributed by atoms with Gasteiger partial charge in [0, 0.05) is 10.7 Å².